The number of ether oxygens (including phenoxy) is 4. The molecule has 6 heteroatoms. The first-order valence-electron chi connectivity index (χ1n) is 8.99. The third kappa shape index (κ3) is 5.62. The van der Waals surface area contributed by atoms with Crippen LogP contribution in [0, 0.1) is 0 Å². The molecule has 0 radical (unpaired) electrons. The molecule has 0 saturated heterocycles. The molecular formula is C21H27NO5. The Hall–Kier alpha value is -2.73. The molecule has 0 bridgehead atoms. The van der Waals surface area contributed by atoms with Crippen LogP contribution in [0.1, 0.15) is 36.2 Å². The fraction of sp³-hybridized carbons (Fsp3) is 0.381. The van der Waals surface area contributed by atoms with E-state index >= 15 is 0 Å². The molecule has 2 rings (SSSR count). The monoisotopic (exact) mass is 373 g/mol. The SMILES string of the molecule is CCCOCc1cc(C(=O)Nc2ccc(OC)cc2OC)ccc1OCC. The average Bonchev–Trinajstić information content (AvgIpc) is 2.69. The third-order valence-corrected chi connectivity index (χ3v) is 3.89. The predicted octanol–water partition coefficient (Wildman–Crippen LogP) is 4.28. The largest absolute Gasteiger partial charge is 0.497 e. The van der Waals surface area contributed by atoms with Gasteiger partial charge in [0.2, 0.25) is 0 Å². The Balaban J connectivity index is 2.21. The van der Waals surface area contributed by atoms with Gasteiger partial charge in [-0.05, 0) is 43.7 Å². The van der Waals surface area contributed by atoms with Gasteiger partial charge in [-0.3, -0.25) is 4.79 Å². The zero-order valence-corrected chi connectivity index (χ0v) is 16.3. The summed E-state index contributed by atoms with van der Waals surface area (Å²) in [6, 6.07) is 10.6. The molecule has 0 spiro atoms. The zero-order chi connectivity index (χ0) is 19.6. The number of hydrogen-bond donors (Lipinski definition) is 1. The lowest BCUT2D eigenvalue weighted by Crippen LogP contribution is -2.13. The fourth-order valence-corrected chi connectivity index (χ4v) is 2.55. The second kappa shape index (κ2) is 10.4. The molecule has 0 saturated carbocycles. The maximum atomic E-state index is 12.7. The van der Waals surface area contributed by atoms with Crippen molar-refractivity contribution in [1.29, 1.82) is 0 Å². The highest BCUT2D eigenvalue weighted by atomic mass is 16.5. The van der Waals surface area contributed by atoms with E-state index in [0.717, 1.165) is 17.7 Å². The Morgan fingerprint density at radius 3 is 2.48 bits per heavy atom. The normalized spacial score (nSPS) is 10.4. The fourth-order valence-electron chi connectivity index (χ4n) is 2.55. The van der Waals surface area contributed by atoms with Crippen LogP contribution in [0.25, 0.3) is 0 Å². The number of nitrogens with one attached hydrogen (secondary N) is 1. The maximum Gasteiger partial charge on any atom is 0.255 e. The third-order valence-electron chi connectivity index (χ3n) is 3.89. The molecule has 0 atom stereocenters. The molecule has 27 heavy (non-hydrogen) atoms. The molecule has 0 fully saturated rings. The van der Waals surface area contributed by atoms with Crippen molar-refractivity contribution >= 4 is 11.6 Å². The van der Waals surface area contributed by atoms with Crippen LogP contribution in [0.4, 0.5) is 5.69 Å². The van der Waals surface area contributed by atoms with E-state index in [1.165, 1.54) is 0 Å². The summed E-state index contributed by atoms with van der Waals surface area (Å²) in [5, 5.41) is 2.87. The number of carbonyl (C=O) groups is 1. The Morgan fingerprint density at radius 1 is 1.00 bits per heavy atom. The van der Waals surface area contributed by atoms with Crippen LogP contribution in [-0.4, -0.2) is 33.3 Å². The number of carbonyl (C=O) groups excluding carboxylic acids is 1. The van der Waals surface area contributed by atoms with Crippen molar-refractivity contribution < 1.29 is 23.7 Å². The van der Waals surface area contributed by atoms with Crippen LogP contribution in [0.3, 0.4) is 0 Å². The van der Waals surface area contributed by atoms with Crippen molar-refractivity contribution in [3.8, 4) is 17.2 Å². The van der Waals surface area contributed by atoms with E-state index < -0.39 is 0 Å². The predicted molar refractivity (Wildman–Crippen MR) is 105 cm³/mol. The quantitative estimate of drug-likeness (QED) is 0.630. The van der Waals surface area contributed by atoms with Crippen molar-refractivity contribution in [3.05, 3.63) is 47.5 Å². The lowest BCUT2D eigenvalue weighted by molar-refractivity contribution is 0.102. The summed E-state index contributed by atoms with van der Waals surface area (Å²) in [7, 11) is 3.12. The minimum absolute atomic E-state index is 0.238. The van der Waals surface area contributed by atoms with E-state index in [9.17, 15) is 4.79 Å². The maximum absolute atomic E-state index is 12.7. The van der Waals surface area contributed by atoms with Gasteiger partial charge in [0.15, 0.2) is 0 Å². The van der Waals surface area contributed by atoms with Gasteiger partial charge >= 0.3 is 0 Å². The summed E-state index contributed by atoms with van der Waals surface area (Å²) in [5.41, 5.74) is 1.94. The van der Waals surface area contributed by atoms with E-state index in [4.69, 9.17) is 18.9 Å². The van der Waals surface area contributed by atoms with Crippen LogP contribution < -0.4 is 19.5 Å². The molecule has 146 valence electrons. The van der Waals surface area contributed by atoms with Crippen LogP contribution >= 0.6 is 0 Å². The second-order valence-electron chi connectivity index (χ2n) is 5.83. The van der Waals surface area contributed by atoms with Gasteiger partial charge in [-0.15, -0.1) is 0 Å². The molecule has 0 aliphatic carbocycles. The molecule has 2 aromatic carbocycles. The standard InChI is InChI=1S/C21H27NO5/c1-5-11-26-14-16-12-15(7-10-19(16)27-6-2)21(23)22-18-9-8-17(24-3)13-20(18)25-4/h7-10,12-13H,5-6,11,14H2,1-4H3,(H,22,23). The Morgan fingerprint density at radius 2 is 1.81 bits per heavy atom. The molecule has 0 heterocycles. The summed E-state index contributed by atoms with van der Waals surface area (Å²) in [5.74, 6) is 1.67. The number of amides is 1. The highest BCUT2D eigenvalue weighted by Gasteiger charge is 2.14. The summed E-state index contributed by atoms with van der Waals surface area (Å²) >= 11 is 0. The van der Waals surface area contributed by atoms with E-state index in [0.29, 0.717) is 42.6 Å². The van der Waals surface area contributed by atoms with Gasteiger partial charge in [-0.2, -0.15) is 0 Å². The lowest BCUT2D eigenvalue weighted by Gasteiger charge is -2.14. The van der Waals surface area contributed by atoms with Crippen molar-refractivity contribution in [2.24, 2.45) is 0 Å². The summed E-state index contributed by atoms with van der Waals surface area (Å²) < 4.78 is 21.8. The highest BCUT2D eigenvalue weighted by molar-refractivity contribution is 6.05. The zero-order valence-electron chi connectivity index (χ0n) is 16.3. The number of benzene rings is 2. The van der Waals surface area contributed by atoms with E-state index in [2.05, 4.69) is 12.2 Å². The van der Waals surface area contributed by atoms with Crippen LogP contribution in [0.15, 0.2) is 36.4 Å². The number of anilines is 1. The van der Waals surface area contributed by atoms with Crippen molar-refractivity contribution in [2.45, 2.75) is 26.9 Å². The van der Waals surface area contributed by atoms with E-state index in [1.54, 1.807) is 50.6 Å². The molecule has 0 aliphatic heterocycles. The molecule has 0 unspecified atom stereocenters. The van der Waals surface area contributed by atoms with E-state index in [-0.39, 0.29) is 5.91 Å². The van der Waals surface area contributed by atoms with Gasteiger partial charge in [0, 0.05) is 23.8 Å². The summed E-state index contributed by atoms with van der Waals surface area (Å²) in [6.07, 6.45) is 0.932. The number of hydrogen-bond acceptors (Lipinski definition) is 5. The minimum Gasteiger partial charge on any atom is -0.497 e. The van der Waals surface area contributed by atoms with Gasteiger partial charge in [0.1, 0.15) is 17.2 Å². The molecule has 0 aromatic heterocycles. The first-order valence-corrected chi connectivity index (χ1v) is 8.99. The first-order chi connectivity index (χ1) is 13.1. The molecule has 1 N–H and O–H groups in total. The topological polar surface area (TPSA) is 66.0 Å². The average molecular weight is 373 g/mol. The molecule has 1 amide bonds. The van der Waals surface area contributed by atoms with Gasteiger partial charge < -0.3 is 24.3 Å². The van der Waals surface area contributed by atoms with E-state index in [1.807, 2.05) is 6.92 Å². The smallest absolute Gasteiger partial charge is 0.255 e. The van der Waals surface area contributed by atoms with Crippen molar-refractivity contribution in [3.63, 3.8) is 0 Å². The summed E-state index contributed by atoms with van der Waals surface area (Å²) in [4.78, 5) is 12.7. The van der Waals surface area contributed by atoms with Crippen LogP contribution in [-0.2, 0) is 11.3 Å². The van der Waals surface area contributed by atoms with Crippen LogP contribution in [0.2, 0.25) is 0 Å². The minimum atomic E-state index is -0.238. The van der Waals surface area contributed by atoms with Crippen molar-refractivity contribution in [2.75, 3.05) is 32.8 Å². The van der Waals surface area contributed by atoms with Crippen molar-refractivity contribution in [1.82, 2.24) is 0 Å². The number of rotatable bonds is 10. The molecule has 0 aliphatic rings. The Labute approximate surface area is 160 Å². The molecular weight excluding hydrogens is 346 g/mol. The van der Waals surface area contributed by atoms with Crippen LogP contribution in [0.5, 0.6) is 17.2 Å². The van der Waals surface area contributed by atoms with Gasteiger partial charge in [0.25, 0.3) is 5.91 Å². The Bertz CT molecular complexity index is 760. The molecule has 2 aromatic rings. The van der Waals surface area contributed by atoms with Gasteiger partial charge in [-0.1, -0.05) is 6.92 Å². The summed E-state index contributed by atoms with van der Waals surface area (Å²) in [6.45, 7) is 5.58. The first kappa shape index (κ1) is 20.6. The molecule has 6 nitrogen and oxygen atoms in total. The number of methoxy groups -OCH3 is 2. The van der Waals surface area contributed by atoms with Gasteiger partial charge in [-0.25, -0.2) is 0 Å². The highest BCUT2D eigenvalue weighted by Crippen LogP contribution is 2.30. The van der Waals surface area contributed by atoms with Gasteiger partial charge in [0.05, 0.1) is 33.1 Å². The Kier molecular flexibility index (Phi) is 7.95. The lowest BCUT2D eigenvalue weighted by atomic mass is 10.1. The second-order valence-corrected chi connectivity index (χ2v) is 5.83.